The molecule has 4 heterocycles. The van der Waals surface area contributed by atoms with Crippen molar-refractivity contribution in [1.82, 2.24) is 14.5 Å². The van der Waals surface area contributed by atoms with E-state index < -0.39 is 0 Å². The molecule has 0 fully saturated rings. The number of rotatable bonds is 4. The summed E-state index contributed by atoms with van der Waals surface area (Å²) < 4.78 is 7.54. The fraction of sp³-hybridized carbons (Fsp3) is 0.190. The van der Waals surface area contributed by atoms with Gasteiger partial charge >= 0.3 is 0 Å². The first-order valence-corrected chi connectivity index (χ1v) is 9.76. The molecule has 0 unspecified atom stereocenters. The SMILES string of the molecule is Cc1cc(-c2csc(NC(=O)c3cc(C)n(-c4ccccn4)c3C)n2)c(C)o1. The summed E-state index contributed by atoms with van der Waals surface area (Å²) in [5.74, 6) is 2.27. The van der Waals surface area contributed by atoms with Crippen molar-refractivity contribution in [2.45, 2.75) is 27.7 Å². The maximum absolute atomic E-state index is 12.9. The van der Waals surface area contributed by atoms with Crippen molar-refractivity contribution < 1.29 is 9.21 Å². The Morgan fingerprint density at radius 1 is 1.18 bits per heavy atom. The number of hydrogen-bond donors (Lipinski definition) is 1. The maximum atomic E-state index is 12.9. The van der Waals surface area contributed by atoms with E-state index in [-0.39, 0.29) is 5.91 Å². The molecular formula is C21H20N4O2S. The van der Waals surface area contributed by atoms with Crippen LogP contribution in [0.15, 0.2) is 46.3 Å². The Morgan fingerprint density at radius 2 is 2.00 bits per heavy atom. The number of thiazole rings is 1. The first-order chi connectivity index (χ1) is 13.4. The topological polar surface area (TPSA) is 73.0 Å². The monoisotopic (exact) mass is 392 g/mol. The molecule has 1 amide bonds. The van der Waals surface area contributed by atoms with E-state index in [0.717, 1.165) is 40.0 Å². The summed E-state index contributed by atoms with van der Waals surface area (Å²) >= 11 is 1.39. The van der Waals surface area contributed by atoms with Crippen LogP contribution in [0.4, 0.5) is 5.13 Å². The van der Waals surface area contributed by atoms with E-state index >= 15 is 0 Å². The summed E-state index contributed by atoms with van der Waals surface area (Å²) in [7, 11) is 0. The standard InChI is InChI=1S/C21H20N4O2S/c1-12-9-16(14(3)25(12)19-7-5-6-8-22-19)20(26)24-21-23-18(11-28-21)17-10-13(2)27-15(17)4/h5-11H,1-4H3,(H,23,24,26). The van der Waals surface area contributed by atoms with E-state index in [1.165, 1.54) is 11.3 Å². The lowest BCUT2D eigenvalue weighted by Gasteiger charge is -2.08. The molecule has 6 nitrogen and oxygen atoms in total. The Morgan fingerprint density at radius 3 is 2.68 bits per heavy atom. The van der Waals surface area contributed by atoms with Crippen molar-refractivity contribution in [2.75, 3.05) is 5.32 Å². The van der Waals surface area contributed by atoms with E-state index in [1.54, 1.807) is 6.20 Å². The zero-order valence-electron chi connectivity index (χ0n) is 16.1. The predicted octanol–water partition coefficient (Wildman–Crippen LogP) is 5.07. The molecular weight excluding hydrogens is 372 g/mol. The van der Waals surface area contributed by atoms with Crippen molar-refractivity contribution in [2.24, 2.45) is 0 Å². The number of anilines is 1. The highest BCUT2D eigenvalue weighted by atomic mass is 32.1. The molecule has 0 bridgehead atoms. The highest BCUT2D eigenvalue weighted by Crippen LogP contribution is 2.30. The van der Waals surface area contributed by atoms with Crippen LogP contribution in [0.5, 0.6) is 0 Å². The Bertz CT molecular complexity index is 1150. The fourth-order valence-corrected chi connectivity index (χ4v) is 4.04. The van der Waals surface area contributed by atoms with Crippen LogP contribution in [0.1, 0.15) is 33.3 Å². The lowest BCUT2D eigenvalue weighted by Crippen LogP contribution is -2.13. The quantitative estimate of drug-likeness (QED) is 0.526. The molecule has 142 valence electrons. The lowest BCUT2D eigenvalue weighted by molar-refractivity contribution is 0.102. The van der Waals surface area contributed by atoms with E-state index in [9.17, 15) is 4.79 Å². The van der Waals surface area contributed by atoms with Gasteiger partial charge in [0.2, 0.25) is 0 Å². The van der Waals surface area contributed by atoms with Crippen LogP contribution in [-0.2, 0) is 0 Å². The number of pyridine rings is 1. The van der Waals surface area contributed by atoms with Gasteiger partial charge in [-0.25, -0.2) is 9.97 Å². The van der Waals surface area contributed by atoms with Crippen LogP contribution in [0.2, 0.25) is 0 Å². The summed E-state index contributed by atoms with van der Waals surface area (Å²) in [4.78, 5) is 21.8. The Hall–Kier alpha value is -3.19. The van der Waals surface area contributed by atoms with Crippen molar-refractivity contribution in [3.63, 3.8) is 0 Å². The van der Waals surface area contributed by atoms with Gasteiger partial charge in [0.05, 0.1) is 11.3 Å². The fourth-order valence-electron chi connectivity index (χ4n) is 3.34. The molecule has 0 atom stereocenters. The number of carbonyl (C=O) groups is 1. The normalized spacial score (nSPS) is 11.0. The number of furan rings is 1. The molecule has 7 heteroatoms. The van der Waals surface area contributed by atoms with Crippen molar-refractivity contribution in [3.05, 3.63) is 70.4 Å². The van der Waals surface area contributed by atoms with E-state index in [4.69, 9.17) is 4.42 Å². The molecule has 4 aromatic rings. The van der Waals surface area contributed by atoms with Gasteiger partial charge in [-0.15, -0.1) is 11.3 Å². The van der Waals surface area contributed by atoms with Gasteiger partial charge in [-0.1, -0.05) is 6.07 Å². The summed E-state index contributed by atoms with van der Waals surface area (Å²) in [6.45, 7) is 7.70. The predicted molar refractivity (Wildman–Crippen MR) is 110 cm³/mol. The van der Waals surface area contributed by atoms with Crippen molar-refractivity contribution in [1.29, 1.82) is 0 Å². The first-order valence-electron chi connectivity index (χ1n) is 8.88. The van der Waals surface area contributed by atoms with Crippen molar-refractivity contribution >= 4 is 22.4 Å². The molecule has 0 aliphatic rings. The molecule has 0 saturated heterocycles. The second kappa shape index (κ2) is 7.09. The molecule has 0 spiro atoms. The van der Waals surface area contributed by atoms with Crippen LogP contribution >= 0.6 is 11.3 Å². The third kappa shape index (κ3) is 3.25. The average molecular weight is 392 g/mol. The summed E-state index contributed by atoms with van der Waals surface area (Å²) in [5, 5.41) is 5.39. The number of aryl methyl sites for hydroxylation is 3. The van der Waals surface area contributed by atoms with E-state index in [2.05, 4.69) is 15.3 Å². The van der Waals surface area contributed by atoms with Gasteiger partial charge in [0.25, 0.3) is 5.91 Å². The Balaban J connectivity index is 1.59. The second-order valence-electron chi connectivity index (χ2n) is 6.63. The number of hydrogen-bond acceptors (Lipinski definition) is 5. The summed E-state index contributed by atoms with van der Waals surface area (Å²) in [6, 6.07) is 9.55. The minimum absolute atomic E-state index is 0.184. The van der Waals surface area contributed by atoms with Gasteiger partial charge in [-0.3, -0.25) is 10.1 Å². The van der Waals surface area contributed by atoms with Gasteiger partial charge in [-0.2, -0.15) is 0 Å². The van der Waals surface area contributed by atoms with Crippen LogP contribution in [0.25, 0.3) is 17.1 Å². The molecule has 0 saturated carbocycles. The zero-order valence-corrected chi connectivity index (χ0v) is 16.9. The summed E-state index contributed by atoms with van der Waals surface area (Å²) in [5.41, 5.74) is 4.14. The molecule has 0 aliphatic carbocycles. The number of amides is 1. The Kier molecular flexibility index (Phi) is 4.60. The molecule has 4 aromatic heterocycles. The molecule has 0 radical (unpaired) electrons. The van der Waals surface area contributed by atoms with Crippen LogP contribution < -0.4 is 5.32 Å². The second-order valence-corrected chi connectivity index (χ2v) is 7.49. The van der Waals surface area contributed by atoms with Crippen LogP contribution in [0.3, 0.4) is 0 Å². The largest absolute Gasteiger partial charge is 0.466 e. The van der Waals surface area contributed by atoms with E-state index in [1.807, 2.05) is 68.0 Å². The molecule has 4 rings (SSSR count). The van der Waals surface area contributed by atoms with Gasteiger partial charge in [-0.05, 0) is 52.0 Å². The minimum Gasteiger partial charge on any atom is -0.466 e. The van der Waals surface area contributed by atoms with Gasteiger partial charge in [0.15, 0.2) is 5.13 Å². The highest BCUT2D eigenvalue weighted by Gasteiger charge is 2.19. The smallest absolute Gasteiger partial charge is 0.259 e. The van der Waals surface area contributed by atoms with E-state index in [0.29, 0.717) is 10.7 Å². The average Bonchev–Trinajstić information content (AvgIpc) is 3.33. The summed E-state index contributed by atoms with van der Waals surface area (Å²) in [6.07, 6.45) is 1.74. The number of nitrogens with zero attached hydrogens (tertiary/aromatic N) is 3. The van der Waals surface area contributed by atoms with Crippen LogP contribution in [0, 0.1) is 27.7 Å². The maximum Gasteiger partial charge on any atom is 0.259 e. The highest BCUT2D eigenvalue weighted by molar-refractivity contribution is 7.14. The third-order valence-corrected chi connectivity index (χ3v) is 5.35. The van der Waals surface area contributed by atoms with Crippen molar-refractivity contribution in [3.8, 4) is 17.1 Å². The van der Waals surface area contributed by atoms with Gasteiger partial charge in [0.1, 0.15) is 17.3 Å². The number of carbonyl (C=O) groups excluding carboxylic acids is 1. The van der Waals surface area contributed by atoms with Gasteiger partial charge in [0, 0.05) is 28.5 Å². The molecule has 0 aliphatic heterocycles. The van der Waals surface area contributed by atoms with Crippen LogP contribution in [-0.4, -0.2) is 20.4 Å². The molecule has 28 heavy (non-hydrogen) atoms. The third-order valence-electron chi connectivity index (χ3n) is 4.60. The first kappa shape index (κ1) is 18.2. The molecule has 0 aromatic carbocycles. The minimum atomic E-state index is -0.184. The number of aromatic nitrogens is 3. The Labute approximate surface area is 166 Å². The lowest BCUT2D eigenvalue weighted by atomic mass is 10.2. The molecule has 1 N–H and O–H groups in total. The zero-order chi connectivity index (χ0) is 19.8. The number of nitrogens with one attached hydrogen (secondary N) is 1. The van der Waals surface area contributed by atoms with Gasteiger partial charge < -0.3 is 8.98 Å².